The van der Waals surface area contributed by atoms with E-state index < -0.39 is 0 Å². The van der Waals surface area contributed by atoms with Gasteiger partial charge in [0.05, 0.1) is 0 Å². The molecule has 0 aliphatic carbocycles. The van der Waals surface area contributed by atoms with Crippen molar-refractivity contribution in [1.82, 2.24) is 9.97 Å². The number of nitrogens with zero attached hydrogens (tertiary/aromatic N) is 3. The summed E-state index contributed by atoms with van der Waals surface area (Å²) >= 11 is 0. The second-order valence-corrected chi connectivity index (χ2v) is 5.77. The molecule has 1 aliphatic heterocycles. The van der Waals surface area contributed by atoms with E-state index in [0.717, 1.165) is 24.7 Å². The minimum atomic E-state index is -0.0556. The van der Waals surface area contributed by atoms with Gasteiger partial charge in [-0.15, -0.1) is 0 Å². The first-order valence-electron chi connectivity index (χ1n) is 6.37. The lowest BCUT2D eigenvalue weighted by Crippen LogP contribution is -2.31. The fraction of sp³-hybridized carbons (Fsp3) is 0.692. The average Bonchev–Trinajstić information content (AvgIpc) is 2.28. The van der Waals surface area contributed by atoms with Crippen LogP contribution in [-0.2, 0) is 5.41 Å². The minimum absolute atomic E-state index is 0.0556. The van der Waals surface area contributed by atoms with E-state index in [1.165, 1.54) is 19.3 Å². The fourth-order valence-electron chi connectivity index (χ4n) is 2.07. The number of hydrogen-bond donors (Lipinski definition) is 1. The highest BCUT2D eigenvalue weighted by molar-refractivity contribution is 5.47. The van der Waals surface area contributed by atoms with Crippen LogP contribution in [0.2, 0.25) is 0 Å². The van der Waals surface area contributed by atoms with E-state index in [2.05, 4.69) is 35.6 Å². The average molecular weight is 234 g/mol. The molecular weight excluding hydrogens is 212 g/mol. The van der Waals surface area contributed by atoms with Gasteiger partial charge in [-0.2, -0.15) is 0 Å². The van der Waals surface area contributed by atoms with Gasteiger partial charge in [0.1, 0.15) is 17.5 Å². The van der Waals surface area contributed by atoms with E-state index in [9.17, 15) is 0 Å². The summed E-state index contributed by atoms with van der Waals surface area (Å²) in [6, 6.07) is 1.89. The largest absolute Gasteiger partial charge is 0.384 e. The number of rotatable bonds is 1. The Morgan fingerprint density at radius 1 is 1.12 bits per heavy atom. The van der Waals surface area contributed by atoms with Gasteiger partial charge in [-0.3, -0.25) is 0 Å². The molecule has 2 rings (SSSR count). The van der Waals surface area contributed by atoms with Crippen LogP contribution in [0.3, 0.4) is 0 Å². The molecule has 1 aromatic heterocycles. The summed E-state index contributed by atoms with van der Waals surface area (Å²) in [6.45, 7) is 8.51. The van der Waals surface area contributed by atoms with Crippen molar-refractivity contribution >= 4 is 11.6 Å². The molecular formula is C13H22N4. The quantitative estimate of drug-likeness (QED) is 0.810. The van der Waals surface area contributed by atoms with Gasteiger partial charge in [0.15, 0.2) is 0 Å². The first-order valence-corrected chi connectivity index (χ1v) is 6.37. The third kappa shape index (κ3) is 2.87. The number of anilines is 2. The Balaban J connectivity index is 2.31. The normalized spacial score (nSPS) is 17.2. The molecule has 0 aromatic carbocycles. The van der Waals surface area contributed by atoms with Crippen molar-refractivity contribution < 1.29 is 0 Å². The summed E-state index contributed by atoms with van der Waals surface area (Å²) in [6.07, 6.45) is 3.81. The topological polar surface area (TPSA) is 55.0 Å². The van der Waals surface area contributed by atoms with Gasteiger partial charge in [-0.05, 0) is 19.3 Å². The van der Waals surface area contributed by atoms with E-state index >= 15 is 0 Å². The molecule has 0 unspecified atom stereocenters. The third-order valence-electron chi connectivity index (χ3n) is 3.08. The molecule has 0 saturated carbocycles. The highest BCUT2D eigenvalue weighted by atomic mass is 15.2. The number of aromatic nitrogens is 2. The zero-order valence-corrected chi connectivity index (χ0v) is 11.0. The van der Waals surface area contributed by atoms with Gasteiger partial charge in [-0.1, -0.05) is 20.8 Å². The van der Waals surface area contributed by atoms with Crippen LogP contribution in [0.15, 0.2) is 6.07 Å². The number of nitrogens with two attached hydrogens (primary N) is 1. The number of nitrogen functional groups attached to an aromatic ring is 1. The molecule has 1 aromatic rings. The van der Waals surface area contributed by atoms with Gasteiger partial charge < -0.3 is 10.6 Å². The second-order valence-electron chi connectivity index (χ2n) is 5.77. The summed E-state index contributed by atoms with van der Waals surface area (Å²) in [5, 5.41) is 0. The summed E-state index contributed by atoms with van der Waals surface area (Å²) in [4.78, 5) is 11.3. The Morgan fingerprint density at radius 3 is 2.35 bits per heavy atom. The van der Waals surface area contributed by atoms with Gasteiger partial charge >= 0.3 is 0 Å². The van der Waals surface area contributed by atoms with Crippen molar-refractivity contribution in [3.05, 3.63) is 11.9 Å². The zero-order chi connectivity index (χ0) is 12.5. The lowest BCUT2D eigenvalue weighted by atomic mass is 9.95. The maximum atomic E-state index is 5.88. The molecule has 0 atom stereocenters. The van der Waals surface area contributed by atoms with E-state index in [4.69, 9.17) is 5.73 Å². The maximum Gasteiger partial charge on any atom is 0.138 e. The molecule has 17 heavy (non-hydrogen) atoms. The lowest BCUT2D eigenvalue weighted by Gasteiger charge is -2.29. The molecule has 1 fully saturated rings. The highest BCUT2D eigenvalue weighted by Gasteiger charge is 2.21. The Morgan fingerprint density at radius 2 is 1.76 bits per heavy atom. The van der Waals surface area contributed by atoms with Crippen LogP contribution in [0, 0.1) is 0 Å². The second kappa shape index (κ2) is 4.51. The minimum Gasteiger partial charge on any atom is -0.384 e. The lowest BCUT2D eigenvalue weighted by molar-refractivity contribution is 0.536. The van der Waals surface area contributed by atoms with Crippen LogP contribution >= 0.6 is 0 Å². The van der Waals surface area contributed by atoms with Gasteiger partial charge in [0.25, 0.3) is 0 Å². The van der Waals surface area contributed by atoms with Crippen LogP contribution < -0.4 is 10.6 Å². The summed E-state index contributed by atoms with van der Waals surface area (Å²) < 4.78 is 0. The van der Waals surface area contributed by atoms with Crippen molar-refractivity contribution in [2.45, 2.75) is 45.4 Å². The van der Waals surface area contributed by atoms with Crippen molar-refractivity contribution in [1.29, 1.82) is 0 Å². The predicted octanol–water partition coefficient (Wildman–Crippen LogP) is 2.35. The molecule has 0 bridgehead atoms. The summed E-state index contributed by atoms with van der Waals surface area (Å²) in [5.41, 5.74) is 5.83. The van der Waals surface area contributed by atoms with E-state index in [1.54, 1.807) is 0 Å². The Bertz CT molecular complexity index is 389. The van der Waals surface area contributed by atoms with Crippen molar-refractivity contribution in [3.8, 4) is 0 Å². The van der Waals surface area contributed by atoms with Crippen molar-refractivity contribution in [2.75, 3.05) is 23.7 Å². The van der Waals surface area contributed by atoms with Crippen LogP contribution in [0.1, 0.15) is 45.9 Å². The fourth-order valence-corrected chi connectivity index (χ4v) is 2.07. The van der Waals surface area contributed by atoms with Crippen molar-refractivity contribution in [3.63, 3.8) is 0 Å². The molecule has 1 saturated heterocycles. The Kier molecular flexibility index (Phi) is 3.22. The zero-order valence-electron chi connectivity index (χ0n) is 11.0. The molecule has 0 radical (unpaired) electrons. The van der Waals surface area contributed by atoms with Gasteiger partial charge in [0, 0.05) is 24.6 Å². The Labute approximate surface area is 103 Å². The molecule has 0 spiro atoms. The molecule has 4 heteroatoms. The first-order chi connectivity index (χ1) is 7.97. The van der Waals surface area contributed by atoms with Crippen LogP contribution in [-0.4, -0.2) is 23.1 Å². The Hall–Kier alpha value is -1.32. The van der Waals surface area contributed by atoms with Crippen LogP contribution in [0.4, 0.5) is 11.6 Å². The highest BCUT2D eigenvalue weighted by Crippen LogP contribution is 2.24. The molecule has 2 N–H and O–H groups in total. The predicted molar refractivity (Wildman–Crippen MR) is 71.2 cm³/mol. The molecule has 94 valence electrons. The van der Waals surface area contributed by atoms with Crippen molar-refractivity contribution in [2.24, 2.45) is 0 Å². The van der Waals surface area contributed by atoms with E-state index in [1.807, 2.05) is 6.07 Å². The number of hydrogen-bond acceptors (Lipinski definition) is 4. The molecule has 1 aliphatic rings. The SMILES string of the molecule is CC(C)(C)c1nc(N)cc(N2CCCCC2)n1. The molecule has 4 nitrogen and oxygen atoms in total. The molecule has 2 heterocycles. The monoisotopic (exact) mass is 234 g/mol. The molecule has 0 amide bonds. The standard InChI is InChI=1S/C13H22N4/c1-13(2,3)12-15-10(14)9-11(16-12)17-7-5-4-6-8-17/h9H,4-8H2,1-3H3,(H2,14,15,16). The van der Waals surface area contributed by atoms with Crippen LogP contribution in [0.25, 0.3) is 0 Å². The summed E-state index contributed by atoms with van der Waals surface area (Å²) in [5.74, 6) is 2.39. The first kappa shape index (κ1) is 12.1. The van der Waals surface area contributed by atoms with E-state index in [0.29, 0.717) is 5.82 Å². The smallest absolute Gasteiger partial charge is 0.138 e. The van der Waals surface area contributed by atoms with Gasteiger partial charge in [-0.25, -0.2) is 9.97 Å². The summed E-state index contributed by atoms with van der Waals surface area (Å²) in [7, 11) is 0. The van der Waals surface area contributed by atoms with Crippen LogP contribution in [0.5, 0.6) is 0 Å². The van der Waals surface area contributed by atoms with E-state index in [-0.39, 0.29) is 5.41 Å². The number of piperidine rings is 1. The maximum absolute atomic E-state index is 5.88. The van der Waals surface area contributed by atoms with Gasteiger partial charge in [0.2, 0.25) is 0 Å². The third-order valence-corrected chi connectivity index (χ3v) is 3.08.